The van der Waals surface area contributed by atoms with Gasteiger partial charge in [0.25, 0.3) is 0 Å². The SMILES string of the molecule is Cc1cccc(CN(C)CCC(O)c2ccccc2Cl)n1. The number of aromatic nitrogens is 1. The van der Waals surface area contributed by atoms with Crippen LogP contribution < -0.4 is 0 Å². The summed E-state index contributed by atoms with van der Waals surface area (Å²) in [7, 11) is 2.03. The van der Waals surface area contributed by atoms with E-state index in [9.17, 15) is 5.11 Å². The van der Waals surface area contributed by atoms with Crippen molar-refractivity contribution in [2.24, 2.45) is 0 Å². The molecule has 0 saturated heterocycles. The Morgan fingerprint density at radius 3 is 2.67 bits per heavy atom. The molecule has 0 amide bonds. The molecule has 0 spiro atoms. The molecule has 112 valence electrons. The lowest BCUT2D eigenvalue weighted by molar-refractivity contribution is 0.147. The minimum absolute atomic E-state index is 0.536. The second-order valence-electron chi connectivity index (χ2n) is 5.33. The molecule has 0 fully saturated rings. The molecule has 0 bridgehead atoms. The molecule has 21 heavy (non-hydrogen) atoms. The van der Waals surface area contributed by atoms with Crippen molar-refractivity contribution in [1.82, 2.24) is 9.88 Å². The molecule has 2 aromatic rings. The first kappa shape index (κ1) is 16.0. The molecular formula is C17H21ClN2O. The van der Waals surface area contributed by atoms with Gasteiger partial charge in [0, 0.05) is 23.8 Å². The van der Waals surface area contributed by atoms with Crippen LogP contribution in [0, 0.1) is 6.92 Å². The van der Waals surface area contributed by atoms with Gasteiger partial charge in [-0.3, -0.25) is 4.98 Å². The van der Waals surface area contributed by atoms with Crippen LogP contribution in [0.4, 0.5) is 0 Å². The lowest BCUT2D eigenvalue weighted by Crippen LogP contribution is -2.21. The van der Waals surface area contributed by atoms with Gasteiger partial charge in [0.1, 0.15) is 0 Å². The highest BCUT2D eigenvalue weighted by atomic mass is 35.5. The van der Waals surface area contributed by atoms with E-state index >= 15 is 0 Å². The van der Waals surface area contributed by atoms with Crippen molar-refractivity contribution in [3.8, 4) is 0 Å². The van der Waals surface area contributed by atoms with E-state index in [2.05, 4.69) is 9.88 Å². The summed E-state index contributed by atoms with van der Waals surface area (Å²) in [5.74, 6) is 0. The van der Waals surface area contributed by atoms with E-state index in [0.717, 1.165) is 30.0 Å². The Morgan fingerprint density at radius 2 is 1.95 bits per heavy atom. The number of nitrogens with zero attached hydrogens (tertiary/aromatic N) is 2. The lowest BCUT2D eigenvalue weighted by Gasteiger charge is -2.19. The summed E-state index contributed by atoms with van der Waals surface area (Å²) in [4.78, 5) is 6.64. The number of halogens is 1. The molecule has 0 aliphatic heterocycles. The first-order valence-corrected chi connectivity index (χ1v) is 7.47. The normalized spacial score (nSPS) is 12.6. The molecule has 0 aliphatic rings. The predicted octanol–water partition coefficient (Wildman–Crippen LogP) is 3.60. The van der Waals surface area contributed by atoms with Gasteiger partial charge in [0.05, 0.1) is 11.8 Å². The van der Waals surface area contributed by atoms with E-state index in [-0.39, 0.29) is 0 Å². The third-order valence-corrected chi connectivity index (χ3v) is 3.77. The smallest absolute Gasteiger partial charge is 0.0816 e. The topological polar surface area (TPSA) is 36.4 Å². The number of hydrogen-bond acceptors (Lipinski definition) is 3. The van der Waals surface area contributed by atoms with Crippen molar-refractivity contribution < 1.29 is 5.11 Å². The Hall–Kier alpha value is -1.42. The summed E-state index contributed by atoms with van der Waals surface area (Å²) in [6.45, 7) is 3.55. The van der Waals surface area contributed by atoms with Gasteiger partial charge in [-0.25, -0.2) is 0 Å². The molecule has 3 nitrogen and oxygen atoms in total. The molecule has 0 saturated carbocycles. The number of rotatable bonds is 6. The highest BCUT2D eigenvalue weighted by molar-refractivity contribution is 6.31. The number of hydrogen-bond donors (Lipinski definition) is 1. The number of pyridine rings is 1. The molecule has 4 heteroatoms. The Kier molecular flexibility index (Phi) is 5.74. The quantitative estimate of drug-likeness (QED) is 0.886. The lowest BCUT2D eigenvalue weighted by atomic mass is 10.1. The minimum Gasteiger partial charge on any atom is -0.388 e. The summed E-state index contributed by atoms with van der Waals surface area (Å²) >= 11 is 6.10. The monoisotopic (exact) mass is 304 g/mol. The molecule has 1 N–H and O–H groups in total. The summed E-state index contributed by atoms with van der Waals surface area (Å²) in [5, 5.41) is 10.9. The van der Waals surface area contributed by atoms with Crippen molar-refractivity contribution in [3.05, 3.63) is 64.4 Å². The van der Waals surface area contributed by atoms with E-state index in [0.29, 0.717) is 11.4 Å². The van der Waals surface area contributed by atoms with E-state index < -0.39 is 6.10 Å². The van der Waals surface area contributed by atoms with Crippen LogP contribution in [-0.2, 0) is 6.54 Å². The van der Waals surface area contributed by atoms with Crippen molar-refractivity contribution >= 4 is 11.6 Å². The molecule has 0 aliphatic carbocycles. The summed E-state index contributed by atoms with van der Waals surface area (Å²) in [5.41, 5.74) is 2.86. The maximum atomic E-state index is 10.2. The van der Waals surface area contributed by atoms with Crippen molar-refractivity contribution in [1.29, 1.82) is 0 Å². The average molecular weight is 305 g/mol. The van der Waals surface area contributed by atoms with Gasteiger partial charge < -0.3 is 10.0 Å². The van der Waals surface area contributed by atoms with Crippen LogP contribution in [0.3, 0.4) is 0 Å². The van der Waals surface area contributed by atoms with Gasteiger partial charge in [-0.1, -0.05) is 35.9 Å². The third-order valence-electron chi connectivity index (χ3n) is 3.43. The summed E-state index contributed by atoms with van der Waals surface area (Å²) in [6.07, 6.45) is 0.109. The summed E-state index contributed by atoms with van der Waals surface area (Å²) < 4.78 is 0. The van der Waals surface area contributed by atoms with Crippen LogP contribution in [0.5, 0.6) is 0 Å². The number of benzene rings is 1. The van der Waals surface area contributed by atoms with E-state index in [4.69, 9.17) is 11.6 Å². The van der Waals surface area contributed by atoms with Gasteiger partial charge in [0.2, 0.25) is 0 Å². The average Bonchev–Trinajstić information content (AvgIpc) is 2.45. The zero-order valence-corrected chi connectivity index (χ0v) is 13.2. The van der Waals surface area contributed by atoms with E-state index in [1.165, 1.54) is 0 Å². The fourth-order valence-electron chi connectivity index (χ4n) is 2.29. The highest BCUT2D eigenvalue weighted by Crippen LogP contribution is 2.24. The van der Waals surface area contributed by atoms with Crippen molar-refractivity contribution in [2.75, 3.05) is 13.6 Å². The van der Waals surface area contributed by atoms with Gasteiger partial charge in [0.15, 0.2) is 0 Å². The number of aliphatic hydroxyl groups is 1. The van der Waals surface area contributed by atoms with Gasteiger partial charge in [-0.05, 0) is 44.2 Å². The predicted molar refractivity (Wildman–Crippen MR) is 86.3 cm³/mol. The standard InChI is InChI=1S/C17H21ClN2O/c1-13-6-5-7-14(19-13)12-20(2)11-10-17(21)15-8-3-4-9-16(15)18/h3-9,17,21H,10-12H2,1-2H3. The molecule has 1 heterocycles. The Balaban J connectivity index is 1.86. The maximum absolute atomic E-state index is 10.2. The molecule has 0 radical (unpaired) electrons. The van der Waals surface area contributed by atoms with Crippen LogP contribution in [0.25, 0.3) is 0 Å². The van der Waals surface area contributed by atoms with Crippen LogP contribution in [-0.4, -0.2) is 28.6 Å². The fraction of sp³-hybridized carbons (Fsp3) is 0.353. The molecular weight excluding hydrogens is 284 g/mol. The second kappa shape index (κ2) is 7.55. The van der Waals surface area contributed by atoms with Crippen molar-refractivity contribution in [3.63, 3.8) is 0 Å². The molecule has 1 atom stereocenters. The highest BCUT2D eigenvalue weighted by Gasteiger charge is 2.12. The maximum Gasteiger partial charge on any atom is 0.0816 e. The first-order valence-electron chi connectivity index (χ1n) is 7.10. The Labute approximate surface area is 131 Å². The zero-order valence-electron chi connectivity index (χ0n) is 12.5. The van der Waals surface area contributed by atoms with E-state index in [1.54, 1.807) is 6.07 Å². The zero-order chi connectivity index (χ0) is 15.2. The van der Waals surface area contributed by atoms with Crippen molar-refractivity contribution in [2.45, 2.75) is 26.0 Å². The minimum atomic E-state index is -0.536. The van der Waals surface area contributed by atoms with Crippen LogP contribution in [0.15, 0.2) is 42.5 Å². The summed E-state index contributed by atoms with van der Waals surface area (Å²) in [6, 6.07) is 13.5. The second-order valence-corrected chi connectivity index (χ2v) is 5.74. The Bertz CT molecular complexity index is 589. The molecule has 1 aromatic heterocycles. The number of aryl methyl sites for hydroxylation is 1. The fourth-order valence-corrected chi connectivity index (χ4v) is 2.55. The van der Waals surface area contributed by atoms with Gasteiger partial charge in [-0.2, -0.15) is 0 Å². The Morgan fingerprint density at radius 1 is 1.19 bits per heavy atom. The number of aliphatic hydroxyl groups excluding tert-OH is 1. The van der Waals surface area contributed by atoms with Gasteiger partial charge >= 0.3 is 0 Å². The first-order chi connectivity index (χ1) is 10.1. The molecule has 2 rings (SSSR count). The van der Waals surface area contributed by atoms with Gasteiger partial charge in [-0.15, -0.1) is 0 Å². The van der Waals surface area contributed by atoms with Crippen LogP contribution in [0.1, 0.15) is 29.5 Å². The van der Waals surface area contributed by atoms with Crippen LogP contribution >= 0.6 is 11.6 Å². The molecule has 1 aromatic carbocycles. The molecule has 1 unspecified atom stereocenters. The largest absolute Gasteiger partial charge is 0.388 e. The van der Waals surface area contributed by atoms with Crippen LogP contribution in [0.2, 0.25) is 5.02 Å². The third kappa shape index (κ3) is 4.81. The van der Waals surface area contributed by atoms with E-state index in [1.807, 2.05) is 50.4 Å².